The zero-order valence-corrected chi connectivity index (χ0v) is 10.4. The average molecular weight is 290 g/mol. The minimum Gasteiger partial charge on any atom is -0.393 e. The molecule has 0 unspecified atom stereocenters. The van der Waals surface area contributed by atoms with E-state index >= 15 is 0 Å². The number of nitrogens with one attached hydrogen (secondary N) is 1. The molecule has 1 aliphatic carbocycles. The van der Waals surface area contributed by atoms with Crippen molar-refractivity contribution in [2.75, 3.05) is 0 Å². The van der Waals surface area contributed by atoms with Gasteiger partial charge in [-0.05, 0) is 18.9 Å². The van der Waals surface area contributed by atoms with Gasteiger partial charge in [-0.15, -0.1) is 0 Å². The molecule has 0 amide bonds. The third-order valence-corrected chi connectivity index (χ3v) is 4.40. The molecule has 0 heterocycles. The molecule has 9 heteroatoms. The molecule has 0 radical (unpaired) electrons. The van der Waals surface area contributed by atoms with Gasteiger partial charge in [0.1, 0.15) is 10.7 Å². The topological polar surface area (TPSA) is 110 Å². The Labute approximate surface area is 108 Å². The molecule has 1 fully saturated rings. The number of aliphatic hydroxyl groups is 1. The Morgan fingerprint density at radius 3 is 2.53 bits per heavy atom. The van der Waals surface area contributed by atoms with E-state index in [0.29, 0.717) is 6.07 Å². The molecule has 1 saturated carbocycles. The third-order valence-electron chi connectivity index (χ3n) is 2.85. The number of nitro groups is 1. The van der Waals surface area contributed by atoms with E-state index in [9.17, 15) is 22.9 Å². The van der Waals surface area contributed by atoms with Gasteiger partial charge in [0.05, 0.1) is 17.1 Å². The Morgan fingerprint density at radius 1 is 1.42 bits per heavy atom. The Balaban J connectivity index is 2.23. The molecule has 2 rings (SSSR count). The van der Waals surface area contributed by atoms with Crippen LogP contribution in [0.2, 0.25) is 0 Å². The zero-order chi connectivity index (χ0) is 14.2. The SMILES string of the molecule is O=[N+]([O-])c1ccc(S(=O)(=O)NC2CC(O)C2)c(F)c1. The molecule has 104 valence electrons. The van der Waals surface area contributed by atoms with Crippen LogP contribution in [0.25, 0.3) is 0 Å². The first-order valence-electron chi connectivity index (χ1n) is 5.44. The molecule has 7 nitrogen and oxygen atoms in total. The summed E-state index contributed by atoms with van der Waals surface area (Å²) in [4.78, 5) is 8.98. The lowest BCUT2D eigenvalue weighted by Crippen LogP contribution is -2.46. The van der Waals surface area contributed by atoms with Crippen molar-refractivity contribution in [3.8, 4) is 0 Å². The van der Waals surface area contributed by atoms with Gasteiger partial charge in [0.25, 0.3) is 5.69 Å². The number of halogens is 1. The number of nitrogens with zero attached hydrogens (tertiary/aromatic N) is 1. The van der Waals surface area contributed by atoms with Crippen molar-refractivity contribution < 1.29 is 22.8 Å². The van der Waals surface area contributed by atoms with E-state index in [4.69, 9.17) is 5.11 Å². The Kier molecular flexibility index (Phi) is 3.52. The van der Waals surface area contributed by atoms with Crippen molar-refractivity contribution in [2.45, 2.75) is 29.9 Å². The number of hydrogen-bond donors (Lipinski definition) is 2. The van der Waals surface area contributed by atoms with Crippen molar-refractivity contribution in [1.29, 1.82) is 0 Å². The fourth-order valence-corrected chi connectivity index (χ4v) is 3.11. The summed E-state index contributed by atoms with van der Waals surface area (Å²) in [6.07, 6.45) is -0.00353. The highest BCUT2D eigenvalue weighted by Crippen LogP contribution is 2.24. The summed E-state index contributed by atoms with van der Waals surface area (Å²) in [7, 11) is -4.08. The first-order chi connectivity index (χ1) is 8.79. The quantitative estimate of drug-likeness (QED) is 0.621. The number of hydrogen-bond acceptors (Lipinski definition) is 5. The van der Waals surface area contributed by atoms with E-state index in [1.165, 1.54) is 0 Å². The zero-order valence-electron chi connectivity index (χ0n) is 9.61. The first-order valence-corrected chi connectivity index (χ1v) is 6.92. The van der Waals surface area contributed by atoms with Gasteiger partial charge in [-0.3, -0.25) is 10.1 Å². The molecular weight excluding hydrogens is 279 g/mol. The van der Waals surface area contributed by atoms with Crippen molar-refractivity contribution in [3.05, 3.63) is 34.1 Å². The molecular formula is C10H11FN2O5S. The predicted molar refractivity (Wildman–Crippen MR) is 62.4 cm³/mol. The van der Waals surface area contributed by atoms with Crippen LogP contribution in [0.4, 0.5) is 10.1 Å². The molecule has 1 aromatic rings. The summed E-state index contributed by atoms with van der Waals surface area (Å²) in [5, 5.41) is 19.5. The van der Waals surface area contributed by atoms with Gasteiger partial charge in [-0.2, -0.15) is 0 Å². The second kappa shape index (κ2) is 4.83. The number of non-ortho nitro benzene ring substituents is 1. The van der Waals surface area contributed by atoms with Gasteiger partial charge in [0, 0.05) is 12.1 Å². The molecule has 1 aromatic carbocycles. The van der Waals surface area contributed by atoms with Crippen LogP contribution in [0.5, 0.6) is 0 Å². The van der Waals surface area contributed by atoms with Gasteiger partial charge < -0.3 is 5.11 Å². The number of nitro benzene ring substituents is 1. The lowest BCUT2D eigenvalue weighted by atomic mass is 9.91. The van der Waals surface area contributed by atoms with Crippen LogP contribution in [0, 0.1) is 15.9 Å². The van der Waals surface area contributed by atoms with Crippen LogP contribution in [-0.4, -0.2) is 30.6 Å². The lowest BCUT2D eigenvalue weighted by Gasteiger charge is -2.31. The minimum absolute atomic E-state index is 0.272. The fourth-order valence-electron chi connectivity index (χ4n) is 1.79. The van der Waals surface area contributed by atoms with Gasteiger partial charge in [-0.25, -0.2) is 17.5 Å². The Hall–Kier alpha value is -1.58. The Morgan fingerprint density at radius 2 is 2.05 bits per heavy atom. The summed E-state index contributed by atoms with van der Waals surface area (Å²) in [5.41, 5.74) is -0.518. The monoisotopic (exact) mass is 290 g/mol. The van der Waals surface area contributed by atoms with Crippen LogP contribution in [0.3, 0.4) is 0 Å². The smallest absolute Gasteiger partial charge is 0.272 e. The fraction of sp³-hybridized carbons (Fsp3) is 0.400. The van der Waals surface area contributed by atoms with Crippen molar-refractivity contribution in [1.82, 2.24) is 4.72 Å². The third kappa shape index (κ3) is 2.88. The van der Waals surface area contributed by atoms with E-state index in [1.807, 2.05) is 0 Å². The molecule has 0 saturated heterocycles. The molecule has 1 aliphatic rings. The molecule has 0 aliphatic heterocycles. The number of aliphatic hydroxyl groups excluding tert-OH is 1. The summed E-state index contributed by atoms with van der Waals surface area (Å²) < 4.78 is 39.5. The van der Waals surface area contributed by atoms with Crippen LogP contribution in [0.1, 0.15) is 12.8 Å². The second-order valence-corrected chi connectivity index (χ2v) is 6.00. The maximum Gasteiger partial charge on any atom is 0.272 e. The van der Waals surface area contributed by atoms with Crippen LogP contribution >= 0.6 is 0 Å². The predicted octanol–water partition coefficient (Wildman–Crippen LogP) is 0.536. The Bertz CT molecular complexity index is 612. The van der Waals surface area contributed by atoms with Gasteiger partial charge >= 0.3 is 0 Å². The van der Waals surface area contributed by atoms with Crippen LogP contribution in [-0.2, 0) is 10.0 Å². The second-order valence-electron chi connectivity index (χ2n) is 4.32. The maximum absolute atomic E-state index is 13.6. The minimum atomic E-state index is -4.08. The van der Waals surface area contributed by atoms with Gasteiger partial charge in [0.15, 0.2) is 0 Å². The van der Waals surface area contributed by atoms with E-state index in [0.717, 1.165) is 12.1 Å². The van der Waals surface area contributed by atoms with E-state index in [-0.39, 0.29) is 12.8 Å². The number of sulfonamides is 1. The maximum atomic E-state index is 13.6. The highest BCUT2D eigenvalue weighted by atomic mass is 32.2. The van der Waals surface area contributed by atoms with E-state index < -0.39 is 43.5 Å². The summed E-state index contributed by atoms with van der Waals surface area (Å²) in [6.45, 7) is 0. The molecule has 0 atom stereocenters. The number of rotatable bonds is 4. The molecule has 0 bridgehead atoms. The van der Waals surface area contributed by atoms with Crippen LogP contribution in [0.15, 0.2) is 23.1 Å². The molecule has 0 aromatic heterocycles. The van der Waals surface area contributed by atoms with E-state index in [1.54, 1.807) is 0 Å². The normalized spacial score (nSPS) is 22.8. The molecule has 0 spiro atoms. The lowest BCUT2D eigenvalue weighted by molar-refractivity contribution is -0.385. The van der Waals surface area contributed by atoms with Crippen LogP contribution < -0.4 is 4.72 Å². The standard InChI is InChI=1S/C10H11FN2O5S/c11-9-5-7(13(15)16)1-2-10(9)19(17,18)12-6-3-8(14)4-6/h1-2,5-6,8,12,14H,3-4H2. The average Bonchev–Trinajstić information content (AvgIpc) is 2.26. The molecule has 2 N–H and O–H groups in total. The highest BCUT2D eigenvalue weighted by Gasteiger charge is 2.32. The van der Waals surface area contributed by atoms with E-state index in [2.05, 4.69) is 4.72 Å². The summed E-state index contributed by atoms with van der Waals surface area (Å²) in [6, 6.07) is 1.90. The van der Waals surface area contributed by atoms with Gasteiger partial charge in [-0.1, -0.05) is 0 Å². The summed E-state index contributed by atoms with van der Waals surface area (Å²) in [5.74, 6) is -1.18. The largest absolute Gasteiger partial charge is 0.393 e. The molecule has 19 heavy (non-hydrogen) atoms. The number of benzene rings is 1. The van der Waals surface area contributed by atoms with Crippen molar-refractivity contribution in [3.63, 3.8) is 0 Å². The first kappa shape index (κ1) is 13.8. The summed E-state index contributed by atoms with van der Waals surface area (Å²) >= 11 is 0. The van der Waals surface area contributed by atoms with Gasteiger partial charge in [0.2, 0.25) is 10.0 Å². The van der Waals surface area contributed by atoms with Crippen molar-refractivity contribution >= 4 is 15.7 Å². The highest BCUT2D eigenvalue weighted by molar-refractivity contribution is 7.89. The van der Waals surface area contributed by atoms with Crippen molar-refractivity contribution in [2.24, 2.45) is 0 Å².